The molecule has 0 bridgehead atoms. The Hall–Kier alpha value is -0.850. The molecule has 0 aromatic carbocycles. The Kier molecular flexibility index (Phi) is 5.11. The first-order valence-corrected chi connectivity index (χ1v) is 9.06. The average Bonchev–Trinajstić information content (AvgIpc) is 2.40. The van der Waals surface area contributed by atoms with E-state index < -0.39 is 10.0 Å². The Morgan fingerprint density at radius 2 is 2.00 bits per heavy atom. The number of sulfonamides is 1. The van der Waals surface area contributed by atoms with E-state index in [2.05, 4.69) is 24.1 Å². The predicted molar refractivity (Wildman–Crippen MR) is 85.1 cm³/mol. The largest absolute Gasteiger partial charge is 0.369 e. The zero-order valence-electron chi connectivity index (χ0n) is 12.6. The maximum atomic E-state index is 12.7. The Labute approximate surface area is 131 Å². The number of anilines is 1. The van der Waals surface area contributed by atoms with Crippen molar-refractivity contribution in [3.8, 4) is 0 Å². The van der Waals surface area contributed by atoms with Gasteiger partial charge in [0.25, 0.3) is 0 Å². The van der Waals surface area contributed by atoms with Crippen molar-refractivity contribution < 1.29 is 8.42 Å². The zero-order valence-corrected chi connectivity index (χ0v) is 14.2. The summed E-state index contributed by atoms with van der Waals surface area (Å²) in [5.74, 6) is 1.25. The molecular weight excluding hydrogens is 310 g/mol. The van der Waals surface area contributed by atoms with Crippen molar-refractivity contribution in [1.29, 1.82) is 0 Å². The second kappa shape index (κ2) is 6.50. The third kappa shape index (κ3) is 3.67. The highest BCUT2D eigenvalue weighted by molar-refractivity contribution is 7.89. The van der Waals surface area contributed by atoms with Crippen LogP contribution >= 0.6 is 11.6 Å². The van der Waals surface area contributed by atoms with Gasteiger partial charge in [0.15, 0.2) is 0 Å². The van der Waals surface area contributed by atoms with Crippen molar-refractivity contribution in [2.45, 2.75) is 32.1 Å². The predicted octanol–water partition coefficient (Wildman–Crippen LogP) is 2.83. The third-order valence-electron chi connectivity index (χ3n) is 3.63. The van der Waals surface area contributed by atoms with Gasteiger partial charge in [0.05, 0.1) is 5.02 Å². The minimum absolute atomic E-state index is 0.162. The summed E-state index contributed by atoms with van der Waals surface area (Å²) in [4.78, 5) is 4.28. The Bertz CT molecular complexity index is 596. The molecule has 1 fully saturated rings. The van der Waals surface area contributed by atoms with Crippen LogP contribution < -0.4 is 5.32 Å². The van der Waals surface area contributed by atoms with Crippen molar-refractivity contribution >= 4 is 27.4 Å². The first kappa shape index (κ1) is 16.5. The van der Waals surface area contributed by atoms with E-state index in [1.165, 1.54) is 12.3 Å². The van der Waals surface area contributed by atoms with E-state index in [1.54, 1.807) is 4.31 Å². The fraction of sp³-hybridized carbons (Fsp3) is 0.643. The minimum Gasteiger partial charge on any atom is -0.369 e. The average molecular weight is 332 g/mol. The summed E-state index contributed by atoms with van der Waals surface area (Å²) in [6.45, 7) is 7.88. The Morgan fingerprint density at radius 3 is 2.52 bits per heavy atom. The van der Waals surface area contributed by atoms with Gasteiger partial charge in [-0.05, 0) is 31.2 Å². The van der Waals surface area contributed by atoms with Gasteiger partial charge in [-0.1, -0.05) is 25.4 Å². The zero-order chi connectivity index (χ0) is 15.6. The van der Waals surface area contributed by atoms with Crippen LogP contribution in [0.4, 0.5) is 5.82 Å². The lowest BCUT2D eigenvalue weighted by Crippen LogP contribution is -2.42. The molecule has 1 saturated heterocycles. The van der Waals surface area contributed by atoms with Crippen LogP contribution in [0.25, 0.3) is 0 Å². The van der Waals surface area contributed by atoms with Gasteiger partial charge in [-0.2, -0.15) is 4.31 Å². The van der Waals surface area contributed by atoms with E-state index in [0.717, 1.165) is 6.42 Å². The molecule has 0 aliphatic carbocycles. The normalized spacial score (nSPS) is 24.0. The molecule has 0 radical (unpaired) electrons. The summed E-state index contributed by atoms with van der Waals surface area (Å²) in [6.07, 6.45) is 2.44. The molecule has 1 aliphatic heterocycles. The quantitative estimate of drug-likeness (QED) is 0.921. The van der Waals surface area contributed by atoms with Crippen LogP contribution in [0.5, 0.6) is 0 Å². The fourth-order valence-electron chi connectivity index (χ4n) is 2.81. The molecule has 1 aromatic heterocycles. The summed E-state index contributed by atoms with van der Waals surface area (Å²) < 4.78 is 27.0. The molecule has 0 amide bonds. The first-order chi connectivity index (χ1) is 9.84. The highest BCUT2D eigenvalue weighted by Gasteiger charge is 2.32. The minimum atomic E-state index is -3.52. The Balaban J connectivity index is 2.29. The molecule has 2 atom stereocenters. The summed E-state index contributed by atoms with van der Waals surface area (Å²) in [5, 5.41) is 3.33. The van der Waals surface area contributed by atoms with Crippen molar-refractivity contribution in [3.05, 3.63) is 17.3 Å². The summed E-state index contributed by atoms with van der Waals surface area (Å²) in [6, 6.07) is 1.48. The van der Waals surface area contributed by atoms with Gasteiger partial charge in [-0.15, -0.1) is 0 Å². The van der Waals surface area contributed by atoms with Crippen molar-refractivity contribution in [2.24, 2.45) is 11.8 Å². The molecule has 1 N–H and O–H groups in total. The highest BCUT2D eigenvalue weighted by atomic mass is 35.5. The molecule has 2 unspecified atom stereocenters. The van der Waals surface area contributed by atoms with Crippen LogP contribution in [0.1, 0.15) is 27.2 Å². The second-order valence-corrected chi connectivity index (χ2v) is 8.14. The maximum absolute atomic E-state index is 12.7. The number of hydrogen-bond donors (Lipinski definition) is 1. The van der Waals surface area contributed by atoms with Gasteiger partial charge in [0.2, 0.25) is 10.0 Å². The summed E-state index contributed by atoms with van der Waals surface area (Å²) in [5.41, 5.74) is 0. The SMILES string of the molecule is CCNc1ncc(S(=O)(=O)N2CC(C)CC(C)C2)cc1Cl. The second-order valence-electron chi connectivity index (χ2n) is 5.80. The van der Waals surface area contributed by atoms with Gasteiger partial charge < -0.3 is 5.32 Å². The molecule has 1 aromatic rings. The van der Waals surface area contributed by atoms with Gasteiger partial charge in [0.1, 0.15) is 10.7 Å². The maximum Gasteiger partial charge on any atom is 0.244 e. The van der Waals surface area contributed by atoms with Crippen LogP contribution in [0.3, 0.4) is 0 Å². The molecule has 7 heteroatoms. The number of hydrogen-bond acceptors (Lipinski definition) is 4. The number of halogens is 1. The van der Waals surface area contributed by atoms with E-state index in [4.69, 9.17) is 11.6 Å². The molecule has 5 nitrogen and oxygen atoms in total. The lowest BCUT2D eigenvalue weighted by molar-refractivity contribution is 0.222. The van der Waals surface area contributed by atoms with Gasteiger partial charge in [0, 0.05) is 25.8 Å². The molecule has 1 aliphatic rings. The fourth-order valence-corrected chi connectivity index (χ4v) is 4.76. The van der Waals surface area contributed by atoms with Crippen molar-refractivity contribution in [2.75, 3.05) is 25.0 Å². The van der Waals surface area contributed by atoms with Crippen LogP contribution in [0.15, 0.2) is 17.2 Å². The number of rotatable bonds is 4. The Morgan fingerprint density at radius 1 is 1.38 bits per heavy atom. The topological polar surface area (TPSA) is 62.3 Å². The lowest BCUT2D eigenvalue weighted by Gasteiger charge is -2.34. The van der Waals surface area contributed by atoms with E-state index >= 15 is 0 Å². The summed E-state index contributed by atoms with van der Waals surface area (Å²) in [7, 11) is -3.52. The van der Waals surface area contributed by atoms with Crippen LogP contribution in [0.2, 0.25) is 5.02 Å². The first-order valence-electron chi connectivity index (χ1n) is 7.24. The van der Waals surface area contributed by atoms with Crippen LogP contribution in [-0.4, -0.2) is 37.3 Å². The van der Waals surface area contributed by atoms with Crippen LogP contribution in [0, 0.1) is 11.8 Å². The van der Waals surface area contributed by atoms with Gasteiger partial charge >= 0.3 is 0 Å². The van der Waals surface area contributed by atoms with Crippen molar-refractivity contribution in [3.63, 3.8) is 0 Å². The molecule has 21 heavy (non-hydrogen) atoms. The molecule has 0 saturated carbocycles. The number of pyridine rings is 1. The number of piperidine rings is 1. The molecular formula is C14H22ClN3O2S. The van der Waals surface area contributed by atoms with E-state index in [1.807, 2.05) is 6.92 Å². The van der Waals surface area contributed by atoms with E-state index in [-0.39, 0.29) is 4.90 Å². The molecule has 118 valence electrons. The number of nitrogens with zero attached hydrogens (tertiary/aromatic N) is 2. The van der Waals surface area contributed by atoms with Crippen molar-refractivity contribution in [1.82, 2.24) is 9.29 Å². The lowest BCUT2D eigenvalue weighted by atomic mass is 9.94. The molecule has 0 spiro atoms. The van der Waals surface area contributed by atoms with Gasteiger partial charge in [-0.25, -0.2) is 13.4 Å². The van der Waals surface area contributed by atoms with E-state index in [0.29, 0.717) is 42.3 Å². The van der Waals surface area contributed by atoms with Crippen LogP contribution in [-0.2, 0) is 10.0 Å². The monoisotopic (exact) mass is 331 g/mol. The standard InChI is InChI=1S/C14H22ClN3O2S/c1-4-16-14-13(15)6-12(7-17-14)21(19,20)18-8-10(2)5-11(3)9-18/h6-7,10-11H,4-5,8-9H2,1-3H3,(H,16,17). The number of aromatic nitrogens is 1. The summed E-state index contributed by atoms with van der Waals surface area (Å²) >= 11 is 6.10. The smallest absolute Gasteiger partial charge is 0.244 e. The van der Waals surface area contributed by atoms with E-state index in [9.17, 15) is 8.42 Å². The molecule has 2 rings (SSSR count). The van der Waals surface area contributed by atoms with Gasteiger partial charge in [-0.3, -0.25) is 0 Å². The highest BCUT2D eigenvalue weighted by Crippen LogP contribution is 2.29. The third-order valence-corrected chi connectivity index (χ3v) is 5.72. The number of nitrogens with one attached hydrogen (secondary N) is 1. The molecule has 2 heterocycles.